The van der Waals surface area contributed by atoms with Crippen molar-refractivity contribution in [2.24, 2.45) is 0 Å². The zero-order valence-electron chi connectivity index (χ0n) is 38.2. The molecule has 59 heavy (non-hydrogen) atoms. The van der Waals surface area contributed by atoms with E-state index < -0.39 is 32.5 Å². The molecule has 11 heteroatoms. The third-order valence-corrected chi connectivity index (χ3v) is 10.8. The fourth-order valence-corrected chi connectivity index (χ4v) is 6.81. The summed E-state index contributed by atoms with van der Waals surface area (Å²) in [5.74, 6) is -0.728. The molecule has 0 aromatic heterocycles. The van der Waals surface area contributed by atoms with Crippen molar-refractivity contribution in [3.63, 3.8) is 0 Å². The number of carbonyl (C=O) groups is 3. The van der Waals surface area contributed by atoms with Crippen LogP contribution in [0.2, 0.25) is 0 Å². The van der Waals surface area contributed by atoms with E-state index in [1.807, 2.05) is 33.3 Å². The molecule has 0 fully saturated rings. The second kappa shape index (κ2) is 39.8. The molecule has 342 valence electrons. The summed E-state index contributed by atoms with van der Waals surface area (Å²) in [6, 6.07) is 0. The zero-order valence-corrected chi connectivity index (χ0v) is 39.1. The second-order valence-electron chi connectivity index (χ2n) is 16.8. The van der Waals surface area contributed by atoms with Crippen LogP contribution in [0, 0.1) is 0 Å². The first-order chi connectivity index (χ1) is 28.4. The number of hydrogen-bond acceptors (Lipinski definition) is 9. The lowest BCUT2D eigenvalue weighted by Gasteiger charge is -2.28. The molecule has 0 rings (SSSR count). The Morgan fingerprint density at radius 1 is 0.576 bits per heavy atom. The number of unbranched alkanes of at least 4 members (excludes halogenated alkanes) is 19. The Hall–Kier alpha value is -2.36. The molecular weight excluding hydrogens is 765 g/mol. The Balaban J connectivity index is 4.38. The number of ether oxygens (including phenoxy) is 2. The Morgan fingerprint density at radius 2 is 1.07 bits per heavy atom. The van der Waals surface area contributed by atoms with Crippen molar-refractivity contribution in [1.82, 2.24) is 0 Å². The van der Waals surface area contributed by atoms with Gasteiger partial charge in [-0.3, -0.25) is 18.9 Å². The highest BCUT2D eigenvalue weighted by Gasteiger charge is 2.21. The maximum absolute atomic E-state index is 12.7. The molecule has 0 spiro atoms. The SMILES string of the molecule is CCCCC/C=C\C/C=C\CCCCCCCCCCCC(=O)OC[C@H](COP(=O)([O-])OCC[N+](C)(C)C)OC(=O)CCCCCCC/C=C\C=C\C(=O)CCCCC. The van der Waals surface area contributed by atoms with Crippen LogP contribution in [0.4, 0.5) is 0 Å². The van der Waals surface area contributed by atoms with Gasteiger partial charge in [0, 0.05) is 19.3 Å². The van der Waals surface area contributed by atoms with E-state index in [1.54, 1.807) is 6.08 Å². The van der Waals surface area contributed by atoms with Gasteiger partial charge in [0.25, 0.3) is 7.82 Å². The minimum atomic E-state index is -4.65. The first kappa shape index (κ1) is 56.6. The molecule has 0 aromatic carbocycles. The number of ketones is 1. The summed E-state index contributed by atoms with van der Waals surface area (Å²) in [4.78, 5) is 49.4. The minimum absolute atomic E-state index is 0.0488. The van der Waals surface area contributed by atoms with E-state index in [4.69, 9.17) is 18.5 Å². The van der Waals surface area contributed by atoms with Crippen LogP contribution >= 0.6 is 7.82 Å². The summed E-state index contributed by atoms with van der Waals surface area (Å²) in [5, 5.41) is 0. The summed E-state index contributed by atoms with van der Waals surface area (Å²) in [6.07, 6.45) is 42.5. The largest absolute Gasteiger partial charge is 0.756 e. The van der Waals surface area contributed by atoms with Crippen molar-refractivity contribution in [1.29, 1.82) is 0 Å². The lowest BCUT2D eigenvalue weighted by atomic mass is 10.1. The molecule has 0 saturated carbocycles. The van der Waals surface area contributed by atoms with Gasteiger partial charge in [0.1, 0.15) is 19.8 Å². The number of phosphoric ester groups is 1. The second-order valence-corrected chi connectivity index (χ2v) is 18.2. The number of allylic oxidation sites excluding steroid dienone is 8. The van der Waals surface area contributed by atoms with Gasteiger partial charge in [0.05, 0.1) is 27.7 Å². The van der Waals surface area contributed by atoms with Gasteiger partial charge < -0.3 is 27.9 Å². The molecule has 0 N–H and O–H groups in total. The van der Waals surface area contributed by atoms with E-state index in [9.17, 15) is 23.8 Å². The summed E-state index contributed by atoms with van der Waals surface area (Å²) in [5.41, 5.74) is 0. The maximum atomic E-state index is 12.7. The number of quaternary nitrogens is 1. The van der Waals surface area contributed by atoms with Gasteiger partial charge in [-0.05, 0) is 70.3 Å². The van der Waals surface area contributed by atoms with Crippen LogP contribution < -0.4 is 4.89 Å². The molecule has 1 unspecified atom stereocenters. The lowest BCUT2D eigenvalue weighted by molar-refractivity contribution is -0.870. The van der Waals surface area contributed by atoms with Crippen LogP contribution in [0.5, 0.6) is 0 Å². The van der Waals surface area contributed by atoms with Crippen LogP contribution in [-0.2, 0) is 37.5 Å². The van der Waals surface area contributed by atoms with Gasteiger partial charge in [-0.1, -0.05) is 146 Å². The first-order valence-electron chi connectivity index (χ1n) is 23.3. The summed E-state index contributed by atoms with van der Waals surface area (Å²) >= 11 is 0. The van der Waals surface area contributed by atoms with Crippen molar-refractivity contribution < 1.29 is 46.8 Å². The number of likely N-dealkylation sites (N-methyl/N-ethyl adjacent to an activating group) is 1. The number of carbonyl (C=O) groups excluding carboxylic acids is 3. The van der Waals surface area contributed by atoms with E-state index in [2.05, 4.69) is 44.2 Å². The molecule has 0 aliphatic rings. The molecule has 0 saturated heterocycles. The summed E-state index contributed by atoms with van der Waals surface area (Å²) < 4.78 is 33.9. The topological polar surface area (TPSA) is 128 Å². The summed E-state index contributed by atoms with van der Waals surface area (Å²) in [6.45, 7) is 3.99. The molecule has 0 heterocycles. The Kier molecular flexibility index (Phi) is 38.2. The fourth-order valence-electron chi connectivity index (χ4n) is 6.08. The average Bonchev–Trinajstić information content (AvgIpc) is 3.18. The number of phosphoric acid groups is 1. The third-order valence-electron chi connectivity index (χ3n) is 9.80. The average molecular weight is 852 g/mol. The number of nitrogens with zero attached hydrogens (tertiary/aromatic N) is 1. The number of hydrogen-bond donors (Lipinski definition) is 0. The van der Waals surface area contributed by atoms with Gasteiger partial charge >= 0.3 is 11.9 Å². The van der Waals surface area contributed by atoms with Crippen LogP contribution in [0.3, 0.4) is 0 Å². The van der Waals surface area contributed by atoms with Crippen LogP contribution in [0.15, 0.2) is 48.6 Å². The lowest BCUT2D eigenvalue weighted by Crippen LogP contribution is -2.37. The standard InChI is InChI=1S/C48H86NO9P/c1-6-8-10-11-12-13-14-15-16-17-18-19-20-21-22-25-28-31-35-39-47(51)55-43-46(44-57-59(53,54)56-42-41-49(3,4)5)58-48(52)40-36-32-29-26-23-24-27-30-34-38-45(50)37-33-9-7-2/h12-13,15-16,27,30,34,38,46H,6-11,14,17-26,28-29,31-33,35-37,39-44H2,1-5H3/b13-12-,16-15-,30-27-,38-34+/t46-/m1/s1. The maximum Gasteiger partial charge on any atom is 0.306 e. The highest BCUT2D eigenvalue weighted by Crippen LogP contribution is 2.38. The zero-order chi connectivity index (χ0) is 43.7. The van der Waals surface area contributed by atoms with Gasteiger partial charge in [0.2, 0.25) is 0 Å². The molecule has 0 aromatic rings. The van der Waals surface area contributed by atoms with Crippen molar-refractivity contribution >= 4 is 25.5 Å². The van der Waals surface area contributed by atoms with Crippen molar-refractivity contribution in [3.05, 3.63) is 48.6 Å². The van der Waals surface area contributed by atoms with Crippen LogP contribution in [0.1, 0.15) is 187 Å². The smallest absolute Gasteiger partial charge is 0.306 e. The molecule has 2 atom stereocenters. The number of esters is 2. The van der Waals surface area contributed by atoms with Crippen molar-refractivity contribution in [2.75, 3.05) is 47.5 Å². The molecule has 10 nitrogen and oxygen atoms in total. The molecule has 0 aliphatic carbocycles. The van der Waals surface area contributed by atoms with Gasteiger partial charge in [0.15, 0.2) is 11.9 Å². The van der Waals surface area contributed by atoms with Crippen molar-refractivity contribution in [3.8, 4) is 0 Å². The minimum Gasteiger partial charge on any atom is -0.756 e. The monoisotopic (exact) mass is 852 g/mol. The molecule has 0 bridgehead atoms. The quantitative estimate of drug-likeness (QED) is 0.0112. The predicted molar refractivity (Wildman–Crippen MR) is 241 cm³/mol. The predicted octanol–water partition coefficient (Wildman–Crippen LogP) is 12.0. The van der Waals surface area contributed by atoms with E-state index >= 15 is 0 Å². The molecular formula is C48H86NO9P. The van der Waals surface area contributed by atoms with E-state index in [0.717, 1.165) is 83.5 Å². The van der Waals surface area contributed by atoms with Gasteiger partial charge in [-0.25, -0.2) is 0 Å². The van der Waals surface area contributed by atoms with Gasteiger partial charge in [-0.2, -0.15) is 0 Å². The number of rotatable bonds is 42. The third kappa shape index (κ3) is 43.5. The Labute approximate surface area is 360 Å². The first-order valence-corrected chi connectivity index (χ1v) is 24.8. The molecule has 0 aliphatic heterocycles. The van der Waals surface area contributed by atoms with Crippen LogP contribution in [-0.4, -0.2) is 75.8 Å². The molecule has 0 radical (unpaired) electrons. The normalized spacial score (nSPS) is 13.9. The van der Waals surface area contributed by atoms with Gasteiger partial charge in [-0.15, -0.1) is 0 Å². The Morgan fingerprint density at radius 3 is 1.64 bits per heavy atom. The molecule has 0 amide bonds. The van der Waals surface area contributed by atoms with Crippen LogP contribution in [0.25, 0.3) is 0 Å². The highest BCUT2D eigenvalue weighted by atomic mass is 31.2. The van der Waals surface area contributed by atoms with E-state index in [0.29, 0.717) is 30.3 Å². The highest BCUT2D eigenvalue weighted by molar-refractivity contribution is 7.45. The van der Waals surface area contributed by atoms with E-state index in [-0.39, 0.29) is 31.8 Å². The fraction of sp³-hybridized carbons (Fsp3) is 0.771. The van der Waals surface area contributed by atoms with E-state index in [1.165, 1.54) is 57.8 Å². The Bertz CT molecular complexity index is 1210. The summed E-state index contributed by atoms with van der Waals surface area (Å²) in [7, 11) is 1.10. The van der Waals surface area contributed by atoms with Crippen molar-refractivity contribution in [2.45, 2.75) is 193 Å².